The largest absolute Gasteiger partial charge is 0.411 e. The Morgan fingerprint density at radius 3 is 2.67 bits per heavy atom. The van der Waals surface area contributed by atoms with Crippen molar-refractivity contribution in [1.82, 2.24) is 10.2 Å². The molecule has 0 spiro atoms. The molecule has 0 atom stereocenters. The van der Waals surface area contributed by atoms with Gasteiger partial charge in [-0.05, 0) is 43.2 Å². The number of nitrogens with zero attached hydrogens (tertiary/aromatic N) is 4. The van der Waals surface area contributed by atoms with Crippen molar-refractivity contribution in [2.75, 3.05) is 29.1 Å². The lowest BCUT2D eigenvalue weighted by molar-refractivity contribution is -0.384. The molecule has 0 saturated carbocycles. The molecule has 1 saturated heterocycles. The number of hydrogen-bond acceptors (Lipinski definition) is 8. The monoisotopic (exact) mass is 425 g/mol. The van der Waals surface area contributed by atoms with Crippen LogP contribution >= 0.6 is 11.8 Å². The van der Waals surface area contributed by atoms with Crippen molar-refractivity contribution in [2.45, 2.75) is 18.1 Å². The van der Waals surface area contributed by atoms with Gasteiger partial charge in [-0.3, -0.25) is 14.9 Å². The standard InChI is InChI=1S/C20H19N5O4S/c26-18(21-15-6-8-16(9-7-15)24-10-1-2-11-24)13-30-20-23-22-19(29-20)14-4-3-5-17(12-14)25(27)28/h3-9,12H,1-2,10-11,13H2,(H,21,26). The number of amides is 1. The molecule has 1 fully saturated rings. The maximum atomic E-state index is 12.2. The number of aromatic nitrogens is 2. The van der Waals surface area contributed by atoms with Crippen LogP contribution in [-0.4, -0.2) is 39.9 Å². The van der Waals surface area contributed by atoms with Gasteiger partial charge in [0.2, 0.25) is 11.8 Å². The zero-order chi connectivity index (χ0) is 20.9. The highest BCUT2D eigenvalue weighted by Gasteiger charge is 2.15. The predicted molar refractivity (Wildman–Crippen MR) is 114 cm³/mol. The minimum atomic E-state index is -0.489. The van der Waals surface area contributed by atoms with E-state index in [1.807, 2.05) is 24.3 Å². The number of nitrogens with one attached hydrogen (secondary N) is 1. The van der Waals surface area contributed by atoms with Crippen molar-refractivity contribution >= 4 is 34.7 Å². The van der Waals surface area contributed by atoms with Gasteiger partial charge >= 0.3 is 0 Å². The van der Waals surface area contributed by atoms with Crippen molar-refractivity contribution in [3.63, 3.8) is 0 Å². The second kappa shape index (κ2) is 8.95. The molecule has 10 heteroatoms. The molecule has 1 aromatic heterocycles. The Labute approximate surface area is 176 Å². The summed E-state index contributed by atoms with van der Waals surface area (Å²) in [5, 5.41) is 21.7. The molecule has 0 unspecified atom stereocenters. The van der Waals surface area contributed by atoms with Crippen molar-refractivity contribution in [3.05, 3.63) is 58.6 Å². The molecule has 1 N–H and O–H groups in total. The van der Waals surface area contributed by atoms with Crippen LogP contribution in [-0.2, 0) is 4.79 Å². The van der Waals surface area contributed by atoms with Gasteiger partial charge in [0, 0.05) is 42.2 Å². The summed E-state index contributed by atoms with van der Waals surface area (Å²) in [4.78, 5) is 24.9. The predicted octanol–water partition coefficient (Wildman–Crippen LogP) is 3.98. The summed E-state index contributed by atoms with van der Waals surface area (Å²) >= 11 is 1.10. The zero-order valence-electron chi connectivity index (χ0n) is 16.0. The average molecular weight is 425 g/mol. The van der Waals surface area contributed by atoms with Gasteiger partial charge in [0.1, 0.15) is 0 Å². The molecule has 9 nitrogen and oxygen atoms in total. The van der Waals surface area contributed by atoms with E-state index in [-0.39, 0.29) is 28.5 Å². The van der Waals surface area contributed by atoms with Crippen molar-refractivity contribution < 1.29 is 14.1 Å². The van der Waals surface area contributed by atoms with Crippen LogP contribution < -0.4 is 10.2 Å². The van der Waals surface area contributed by atoms with E-state index in [1.165, 1.54) is 30.7 Å². The summed E-state index contributed by atoms with van der Waals surface area (Å²) in [6.07, 6.45) is 2.43. The fourth-order valence-corrected chi connectivity index (χ4v) is 3.76. The van der Waals surface area contributed by atoms with Crippen LogP contribution in [0.5, 0.6) is 0 Å². The van der Waals surface area contributed by atoms with Gasteiger partial charge in [-0.25, -0.2) is 0 Å². The number of hydrogen-bond donors (Lipinski definition) is 1. The summed E-state index contributed by atoms with van der Waals surface area (Å²) in [5.41, 5.74) is 2.28. The van der Waals surface area contributed by atoms with Gasteiger partial charge in [-0.1, -0.05) is 17.8 Å². The Kier molecular flexibility index (Phi) is 5.94. The highest BCUT2D eigenvalue weighted by Crippen LogP contribution is 2.26. The van der Waals surface area contributed by atoms with Crippen LogP contribution in [0.25, 0.3) is 11.5 Å². The van der Waals surface area contributed by atoms with E-state index in [9.17, 15) is 14.9 Å². The fourth-order valence-electron chi connectivity index (χ4n) is 3.19. The molecular weight excluding hydrogens is 406 g/mol. The number of carbonyl (C=O) groups excluding carboxylic acids is 1. The van der Waals surface area contributed by atoms with Crippen LogP contribution in [0.1, 0.15) is 12.8 Å². The van der Waals surface area contributed by atoms with Crippen LogP contribution in [0, 0.1) is 10.1 Å². The second-order valence-electron chi connectivity index (χ2n) is 6.76. The highest BCUT2D eigenvalue weighted by molar-refractivity contribution is 7.99. The Bertz CT molecular complexity index is 1050. The number of non-ortho nitro benzene ring substituents is 1. The lowest BCUT2D eigenvalue weighted by Crippen LogP contribution is -2.18. The molecule has 30 heavy (non-hydrogen) atoms. The normalized spacial score (nSPS) is 13.4. The minimum Gasteiger partial charge on any atom is -0.411 e. The third kappa shape index (κ3) is 4.77. The van der Waals surface area contributed by atoms with E-state index < -0.39 is 4.92 Å². The summed E-state index contributed by atoms with van der Waals surface area (Å²) in [5.74, 6) is 0.0768. The summed E-state index contributed by atoms with van der Waals surface area (Å²) in [6, 6.07) is 13.7. The number of thioether (sulfide) groups is 1. The van der Waals surface area contributed by atoms with Gasteiger partial charge in [0.25, 0.3) is 10.9 Å². The zero-order valence-corrected chi connectivity index (χ0v) is 16.8. The molecule has 2 aromatic carbocycles. The smallest absolute Gasteiger partial charge is 0.277 e. The molecule has 1 aliphatic rings. The molecule has 0 radical (unpaired) electrons. The third-order valence-electron chi connectivity index (χ3n) is 4.66. The number of rotatable bonds is 7. The molecule has 3 aromatic rings. The van der Waals surface area contributed by atoms with Gasteiger partial charge in [0.15, 0.2) is 0 Å². The topological polar surface area (TPSA) is 114 Å². The first-order valence-electron chi connectivity index (χ1n) is 9.44. The quantitative estimate of drug-likeness (QED) is 0.343. The number of anilines is 2. The summed E-state index contributed by atoms with van der Waals surface area (Å²) < 4.78 is 5.51. The van der Waals surface area contributed by atoms with E-state index in [4.69, 9.17) is 4.42 Å². The van der Waals surface area contributed by atoms with Crippen LogP contribution in [0.2, 0.25) is 0 Å². The molecule has 4 rings (SSSR count). The maximum absolute atomic E-state index is 12.2. The van der Waals surface area contributed by atoms with Crippen molar-refractivity contribution in [1.29, 1.82) is 0 Å². The average Bonchev–Trinajstić information content (AvgIpc) is 3.45. The lowest BCUT2D eigenvalue weighted by atomic mass is 10.2. The number of nitro groups is 1. The molecule has 0 bridgehead atoms. The van der Waals surface area contributed by atoms with E-state index in [2.05, 4.69) is 20.4 Å². The van der Waals surface area contributed by atoms with Gasteiger partial charge < -0.3 is 14.6 Å². The lowest BCUT2D eigenvalue weighted by Gasteiger charge is -2.17. The number of carbonyl (C=O) groups is 1. The first-order chi connectivity index (χ1) is 14.6. The van der Waals surface area contributed by atoms with Gasteiger partial charge in [-0.2, -0.15) is 0 Å². The molecular formula is C20H19N5O4S. The Morgan fingerprint density at radius 1 is 1.17 bits per heavy atom. The van der Waals surface area contributed by atoms with Crippen molar-refractivity contribution in [3.8, 4) is 11.5 Å². The highest BCUT2D eigenvalue weighted by atomic mass is 32.2. The van der Waals surface area contributed by atoms with Crippen LogP contribution in [0.15, 0.2) is 58.2 Å². The van der Waals surface area contributed by atoms with E-state index in [0.29, 0.717) is 5.56 Å². The van der Waals surface area contributed by atoms with E-state index in [0.717, 1.165) is 30.5 Å². The molecule has 154 valence electrons. The van der Waals surface area contributed by atoms with Gasteiger partial charge in [0.05, 0.1) is 10.7 Å². The Morgan fingerprint density at radius 2 is 1.93 bits per heavy atom. The first kappa shape index (κ1) is 19.9. The SMILES string of the molecule is O=C(CSc1nnc(-c2cccc([N+](=O)[O-])c2)o1)Nc1ccc(N2CCCC2)cc1. The van der Waals surface area contributed by atoms with E-state index >= 15 is 0 Å². The van der Waals surface area contributed by atoms with Gasteiger partial charge in [-0.15, -0.1) is 10.2 Å². The van der Waals surface area contributed by atoms with Crippen LogP contribution in [0.4, 0.5) is 17.1 Å². The maximum Gasteiger partial charge on any atom is 0.277 e. The van der Waals surface area contributed by atoms with E-state index in [1.54, 1.807) is 12.1 Å². The first-order valence-corrected chi connectivity index (χ1v) is 10.4. The Hall–Kier alpha value is -3.40. The molecule has 2 heterocycles. The summed E-state index contributed by atoms with van der Waals surface area (Å²) in [7, 11) is 0. The van der Waals surface area contributed by atoms with Crippen molar-refractivity contribution in [2.24, 2.45) is 0 Å². The number of benzene rings is 2. The minimum absolute atomic E-state index is 0.0602. The second-order valence-corrected chi connectivity index (χ2v) is 7.69. The third-order valence-corrected chi connectivity index (χ3v) is 5.48. The molecule has 1 aliphatic heterocycles. The fraction of sp³-hybridized carbons (Fsp3) is 0.250. The van der Waals surface area contributed by atoms with Crippen LogP contribution in [0.3, 0.4) is 0 Å². The molecule has 0 aliphatic carbocycles. The number of nitro benzene ring substituents is 1. The Balaban J connectivity index is 1.31. The summed E-state index contributed by atoms with van der Waals surface area (Å²) in [6.45, 7) is 2.15. The molecule has 1 amide bonds.